The van der Waals surface area contributed by atoms with Crippen LogP contribution in [0.2, 0.25) is 0 Å². The Hall–Kier alpha value is -1.23. The van der Waals surface area contributed by atoms with E-state index in [1.807, 2.05) is 0 Å². The fourth-order valence-electron chi connectivity index (χ4n) is 1.45. The number of carbonyl (C=O) groups is 1. The van der Waals surface area contributed by atoms with Gasteiger partial charge in [0.2, 0.25) is 5.91 Å². The van der Waals surface area contributed by atoms with Gasteiger partial charge in [0.15, 0.2) is 0 Å². The smallest absolute Gasteiger partial charge is 0.221 e. The molecule has 1 aliphatic rings. The summed E-state index contributed by atoms with van der Waals surface area (Å²) in [6.45, 7) is 0. The maximum absolute atomic E-state index is 13.3. The van der Waals surface area contributed by atoms with Crippen LogP contribution >= 0.6 is 0 Å². The monoisotopic (exact) mass is 255 g/mol. The van der Waals surface area contributed by atoms with Crippen molar-refractivity contribution in [3.63, 3.8) is 0 Å². The van der Waals surface area contributed by atoms with Crippen LogP contribution < -0.4 is 5.32 Å². The van der Waals surface area contributed by atoms with Crippen molar-refractivity contribution >= 4 is 16.7 Å². The van der Waals surface area contributed by atoms with E-state index >= 15 is 0 Å². The maximum atomic E-state index is 13.3. The third kappa shape index (κ3) is 3.63. The molecule has 1 fully saturated rings. The number of hydrogen-bond donors (Lipinski definition) is 1. The Morgan fingerprint density at radius 2 is 2.12 bits per heavy atom. The van der Waals surface area contributed by atoms with E-state index < -0.39 is 16.6 Å². The molecular formula is C12H14FNO2S. The number of benzene rings is 1. The summed E-state index contributed by atoms with van der Waals surface area (Å²) < 4.78 is 25.1. The summed E-state index contributed by atoms with van der Waals surface area (Å²) in [7, 11) is -1.45. The molecule has 1 N–H and O–H groups in total. The normalized spacial score (nSPS) is 16.5. The molecule has 0 aromatic heterocycles. The molecule has 1 atom stereocenters. The molecule has 1 aromatic carbocycles. The van der Waals surface area contributed by atoms with Crippen molar-refractivity contribution in [3.05, 3.63) is 30.1 Å². The average Bonchev–Trinajstić information content (AvgIpc) is 3.10. The minimum atomic E-state index is -1.45. The van der Waals surface area contributed by atoms with Crippen LogP contribution in [-0.4, -0.2) is 21.9 Å². The SMILES string of the molecule is O=C(CCS(=O)c1ccccc1F)NC1CC1. The molecule has 0 bridgehead atoms. The Kier molecular flexibility index (Phi) is 3.89. The molecule has 2 rings (SSSR count). The van der Waals surface area contributed by atoms with Crippen LogP contribution in [0, 0.1) is 5.82 Å². The van der Waals surface area contributed by atoms with E-state index in [1.165, 1.54) is 12.1 Å². The molecule has 0 aliphatic heterocycles. The van der Waals surface area contributed by atoms with E-state index in [2.05, 4.69) is 5.32 Å². The Morgan fingerprint density at radius 1 is 1.41 bits per heavy atom. The molecule has 17 heavy (non-hydrogen) atoms. The zero-order chi connectivity index (χ0) is 12.3. The second-order valence-corrected chi connectivity index (χ2v) is 5.61. The maximum Gasteiger partial charge on any atom is 0.221 e. The average molecular weight is 255 g/mol. The number of halogens is 1. The number of hydrogen-bond acceptors (Lipinski definition) is 2. The third-order valence-corrected chi connectivity index (χ3v) is 3.94. The van der Waals surface area contributed by atoms with Crippen molar-refractivity contribution < 1.29 is 13.4 Å². The fraction of sp³-hybridized carbons (Fsp3) is 0.417. The van der Waals surface area contributed by atoms with E-state index in [1.54, 1.807) is 12.1 Å². The Labute approximate surface area is 102 Å². The van der Waals surface area contributed by atoms with Crippen molar-refractivity contribution in [2.75, 3.05) is 5.75 Å². The predicted octanol–water partition coefficient (Wildman–Crippen LogP) is 1.60. The van der Waals surface area contributed by atoms with Gasteiger partial charge in [-0.25, -0.2) is 4.39 Å². The Morgan fingerprint density at radius 3 is 2.76 bits per heavy atom. The number of amides is 1. The van der Waals surface area contributed by atoms with Crippen LogP contribution in [0.4, 0.5) is 4.39 Å². The van der Waals surface area contributed by atoms with Gasteiger partial charge >= 0.3 is 0 Å². The van der Waals surface area contributed by atoms with Gasteiger partial charge in [-0.1, -0.05) is 12.1 Å². The highest BCUT2D eigenvalue weighted by atomic mass is 32.2. The molecule has 5 heteroatoms. The standard InChI is InChI=1S/C12H14FNO2S/c13-10-3-1-2-4-11(10)17(16)8-7-12(15)14-9-5-6-9/h1-4,9H,5-8H2,(H,14,15). The number of carbonyl (C=O) groups excluding carboxylic acids is 1. The minimum Gasteiger partial charge on any atom is -0.353 e. The summed E-state index contributed by atoms with van der Waals surface area (Å²) >= 11 is 0. The zero-order valence-corrected chi connectivity index (χ0v) is 10.1. The molecule has 3 nitrogen and oxygen atoms in total. The van der Waals surface area contributed by atoms with Crippen LogP contribution in [0.3, 0.4) is 0 Å². The molecule has 1 amide bonds. The quantitative estimate of drug-likeness (QED) is 0.868. The van der Waals surface area contributed by atoms with E-state index in [4.69, 9.17) is 0 Å². The molecular weight excluding hydrogens is 241 g/mol. The van der Waals surface area contributed by atoms with Gasteiger partial charge in [0, 0.05) is 18.2 Å². The third-order valence-electron chi connectivity index (χ3n) is 2.54. The van der Waals surface area contributed by atoms with E-state index in [0.29, 0.717) is 6.04 Å². The van der Waals surface area contributed by atoms with Gasteiger partial charge in [-0.2, -0.15) is 0 Å². The molecule has 1 aliphatic carbocycles. The Balaban J connectivity index is 1.84. The zero-order valence-electron chi connectivity index (χ0n) is 9.32. The lowest BCUT2D eigenvalue weighted by molar-refractivity contribution is -0.120. The lowest BCUT2D eigenvalue weighted by Gasteiger charge is -2.04. The first-order valence-corrected chi connectivity index (χ1v) is 6.91. The van der Waals surface area contributed by atoms with E-state index in [-0.39, 0.29) is 23.0 Å². The summed E-state index contributed by atoms with van der Waals surface area (Å²) in [5.74, 6) is -0.412. The van der Waals surface area contributed by atoms with Crippen LogP contribution in [0.25, 0.3) is 0 Å². The van der Waals surface area contributed by atoms with E-state index in [0.717, 1.165) is 12.8 Å². The topological polar surface area (TPSA) is 46.2 Å². The molecule has 0 heterocycles. The molecule has 92 valence electrons. The van der Waals surface area contributed by atoms with Gasteiger partial charge < -0.3 is 5.32 Å². The minimum absolute atomic E-state index is 0.0998. The van der Waals surface area contributed by atoms with Gasteiger partial charge in [0.05, 0.1) is 15.7 Å². The predicted molar refractivity (Wildman–Crippen MR) is 63.5 cm³/mol. The second-order valence-electron chi connectivity index (χ2n) is 4.07. The van der Waals surface area contributed by atoms with Crippen molar-refractivity contribution in [3.8, 4) is 0 Å². The highest BCUT2D eigenvalue weighted by Crippen LogP contribution is 2.19. The summed E-state index contributed by atoms with van der Waals surface area (Å²) in [6, 6.07) is 6.27. The molecule has 0 spiro atoms. The molecule has 0 radical (unpaired) electrons. The highest BCUT2D eigenvalue weighted by molar-refractivity contribution is 7.85. The second kappa shape index (κ2) is 5.40. The van der Waals surface area contributed by atoms with Crippen molar-refractivity contribution in [2.24, 2.45) is 0 Å². The van der Waals surface area contributed by atoms with Crippen molar-refractivity contribution in [1.29, 1.82) is 0 Å². The molecule has 1 unspecified atom stereocenters. The van der Waals surface area contributed by atoms with Crippen LogP contribution in [0.1, 0.15) is 19.3 Å². The van der Waals surface area contributed by atoms with E-state index in [9.17, 15) is 13.4 Å². The summed E-state index contributed by atoms with van der Waals surface area (Å²) in [5, 5.41) is 2.81. The number of nitrogens with one attached hydrogen (secondary N) is 1. The lowest BCUT2D eigenvalue weighted by atomic mass is 10.3. The fourth-order valence-corrected chi connectivity index (χ4v) is 2.56. The van der Waals surface area contributed by atoms with Gasteiger partial charge in [-0.15, -0.1) is 0 Å². The molecule has 1 aromatic rings. The molecule has 1 saturated carbocycles. The first kappa shape index (κ1) is 12.2. The first-order chi connectivity index (χ1) is 8.16. The van der Waals surface area contributed by atoms with Gasteiger partial charge in [-0.05, 0) is 25.0 Å². The Bertz CT molecular complexity index is 446. The number of rotatable bonds is 5. The van der Waals surface area contributed by atoms with Crippen molar-refractivity contribution in [1.82, 2.24) is 5.32 Å². The largest absolute Gasteiger partial charge is 0.353 e. The first-order valence-electron chi connectivity index (χ1n) is 5.59. The van der Waals surface area contributed by atoms with Gasteiger partial charge in [-0.3, -0.25) is 9.00 Å². The summed E-state index contributed by atoms with van der Waals surface area (Å²) in [5.41, 5.74) is 0. The highest BCUT2D eigenvalue weighted by Gasteiger charge is 2.23. The summed E-state index contributed by atoms with van der Waals surface area (Å²) in [6.07, 6.45) is 2.24. The van der Waals surface area contributed by atoms with Crippen LogP contribution in [0.15, 0.2) is 29.2 Å². The van der Waals surface area contributed by atoms with Crippen molar-refractivity contribution in [2.45, 2.75) is 30.2 Å². The summed E-state index contributed by atoms with van der Waals surface area (Å²) in [4.78, 5) is 11.5. The molecule has 0 saturated heterocycles. The van der Waals surface area contributed by atoms with Gasteiger partial charge in [0.25, 0.3) is 0 Å². The lowest BCUT2D eigenvalue weighted by Crippen LogP contribution is -2.26. The van der Waals surface area contributed by atoms with Gasteiger partial charge in [0.1, 0.15) is 5.82 Å². The van der Waals surface area contributed by atoms with Crippen LogP contribution in [0.5, 0.6) is 0 Å². The van der Waals surface area contributed by atoms with Crippen LogP contribution in [-0.2, 0) is 15.6 Å².